The van der Waals surface area contributed by atoms with Crippen LogP contribution in [-0.4, -0.2) is 86.4 Å². The highest BCUT2D eigenvalue weighted by Crippen LogP contribution is 2.76. The number of sulfone groups is 1. The lowest BCUT2D eigenvalue weighted by Crippen LogP contribution is -2.68. The molecule has 1 unspecified atom stereocenters. The van der Waals surface area contributed by atoms with Crippen molar-refractivity contribution in [3.8, 4) is 0 Å². The molecule has 8 nitrogen and oxygen atoms in total. The summed E-state index contributed by atoms with van der Waals surface area (Å²) in [6.45, 7) is 22.5. The highest BCUT2D eigenvalue weighted by Gasteiger charge is 2.70. The van der Waals surface area contributed by atoms with Crippen molar-refractivity contribution >= 4 is 21.8 Å². The molecule has 2 N–H and O–H groups in total. The molecular formula is C46H71FN2O6S. The number of carbonyl (C=O) groups excluding carboxylic acids is 1. The summed E-state index contributed by atoms with van der Waals surface area (Å²) < 4.78 is 44.4. The van der Waals surface area contributed by atoms with Gasteiger partial charge in [-0.2, -0.15) is 0 Å². The highest BCUT2D eigenvalue weighted by molar-refractivity contribution is 7.91. The second-order valence-corrected chi connectivity index (χ2v) is 23.1. The van der Waals surface area contributed by atoms with E-state index in [0.717, 1.165) is 25.7 Å². The first-order chi connectivity index (χ1) is 26.2. The molecule has 1 aliphatic heterocycles. The third-order valence-electron chi connectivity index (χ3n) is 18.3. The lowest BCUT2D eigenvalue weighted by atomic mass is 9.33. The van der Waals surface area contributed by atoms with E-state index in [4.69, 9.17) is 4.74 Å². The fourth-order valence-electron chi connectivity index (χ4n) is 15.1. The summed E-state index contributed by atoms with van der Waals surface area (Å²) in [5.74, 6) is 1.10. The standard InChI is InChI=1S/C46H71FN2O6S/c1-9-55-39(50)35-28-56(53,54)27-26-49(35)25-24-48-46-21-14-32(30(2)3)38(46)34-10-11-37-42(6)17-15-33(31-12-19-45(29-47,20-13-31)40(51)52)41(4,5)36(42)16-18-44(37,8)43(34,7)22-23-46/h12,15,32,34-38,48H,2,9-11,13-14,16-29H2,1,3-8H3,(H,51,52)/t32-,34+,35?,36-,37+,38+,42-,43+,44+,45+,46-/m0/s1. The number of esters is 1. The number of carbonyl (C=O) groups is 2. The van der Waals surface area contributed by atoms with E-state index in [1.54, 1.807) is 6.92 Å². The molecule has 56 heavy (non-hydrogen) atoms. The van der Waals surface area contributed by atoms with Gasteiger partial charge in [0.1, 0.15) is 12.7 Å². The molecule has 4 saturated carbocycles. The Kier molecular flexibility index (Phi) is 11.0. The van der Waals surface area contributed by atoms with Crippen molar-refractivity contribution < 1.29 is 32.2 Å². The van der Waals surface area contributed by atoms with Gasteiger partial charge in [-0.15, -0.1) is 0 Å². The van der Waals surface area contributed by atoms with E-state index in [1.165, 1.54) is 48.8 Å². The highest BCUT2D eigenvalue weighted by atomic mass is 32.2. The average Bonchev–Trinajstić information content (AvgIpc) is 3.52. The number of rotatable bonds is 10. The first-order valence-corrected chi connectivity index (χ1v) is 23.8. The monoisotopic (exact) mass is 799 g/mol. The quantitative estimate of drug-likeness (QED) is 0.168. The van der Waals surface area contributed by atoms with Crippen molar-refractivity contribution in [2.24, 2.45) is 56.7 Å². The van der Waals surface area contributed by atoms with Gasteiger partial charge in [0.05, 0.1) is 23.5 Å². The Morgan fingerprint density at radius 1 is 0.982 bits per heavy atom. The van der Waals surface area contributed by atoms with Crippen LogP contribution in [0.2, 0.25) is 0 Å². The van der Waals surface area contributed by atoms with E-state index in [1.807, 2.05) is 4.90 Å². The maximum atomic E-state index is 14.0. The summed E-state index contributed by atoms with van der Waals surface area (Å²) in [4.78, 5) is 26.9. The molecule has 0 aromatic rings. The average molecular weight is 799 g/mol. The van der Waals surface area contributed by atoms with Gasteiger partial charge < -0.3 is 15.2 Å². The van der Waals surface area contributed by atoms with E-state index in [-0.39, 0.29) is 51.7 Å². The van der Waals surface area contributed by atoms with Gasteiger partial charge in [-0.3, -0.25) is 14.5 Å². The molecule has 1 saturated heterocycles. The van der Waals surface area contributed by atoms with E-state index in [9.17, 15) is 27.5 Å². The lowest BCUT2D eigenvalue weighted by molar-refractivity contribution is -0.221. The normalized spacial score (nSPS) is 44.2. The van der Waals surface area contributed by atoms with Crippen molar-refractivity contribution in [2.75, 3.05) is 44.4 Å². The van der Waals surface area contributed by atoms with Crippen molar-refractivity contribution in [1.29, 1.82) is 0 Å². The summed E-state index contributed by atoms with van der Waals surface area (Å²) in [7, 11) is -3.28. The number of aliphatic carboxylic acids is 1. The van der Waals surface area contributed by atoms with Crippen LogP contribution in [-0.2, 0) is 24.2 Å². The number of ether oxygens (including phenoxy) is 1. The number of allylic oxidation sites excluding steroid dienone is 5. The van der Waals surface area contributed by atoms with Crippen molar-refractivity contribution in [2.45, 2.75) is 137 Å². The number of carboxylic acid groups (broad SMARTS) is 1. The number of hydrogen-bond acceptors (Lipinski definition) is 7. The maximum absolute atomic E-state index is 14.0. The van der Waals surface area contributed by atoms with Crippen LogP contribution in [0.1, 0.15) is 126 Å². The van der Waals surface area contributed by atoms with Crippen LogP contribution >= 0.6 is 0 Å². The number of fused-ring (bicyclic) bond motifs is 7. The first kappa shape index (κ1) is 42.1. The SMILES string of the molecule is C=C(C)[C@@H]1CC[C@]2(NCCN3CCS(=O)(=O)CC3C(=O)OCC)CC[C@]3(C)[C@H](CC[C@@H]4[C@@]5(C)CC=C(C6=CC[C@@](CF)(C(=O)O)CC6)C(C)(C)[C@@H]5CC[C@]43C)[C@@H]12. The number of nitrogens with one attached hydrogen (secondary N) is 1. The van der Waals surface area contributed by atoms with Crippen molar-refractivity contribution in [1.82, 2.24) is 10.2 Å². The Bertz CT molecular complexity index is 1770. The Morgan fingerprint density at radius 2 is 1.73 bits per heavy atom. The van der Waals surface area contributed by atoms with Gasteiger partial charge in [0, 0.05) is 25.2 Å². The van der Waals surface area contributed by atoms with E-state index in [0.29, 0.717) is 62.1 Å². The van der Waals surface area contributed by atoms with Crippen LogP contribution in [0.4, 0.5) is 4.39 Å². The number of hydrogen-bond donors (Lipinski definition) is 2. The zero-order chi connectivity index (χ0) is 40.7. The van der Waals surface area contributed by atoms with Crippen LogP contribution in [0.25, 0.3) is 0 Å². The molecule has 0 aromatic heterocycles. The van der Waals surface area contributed by atoms with Gasteiger partial charge in [-0.25, -0.2) is 12.8 Å². The first-order valence-electron chi connectivity index (χ1n) is 22.0. The molecule has 5 fully saturated rings. The van der Waals surface area contributed by atoms with E-state index < -0.39 is 39.9 Å². The summed E-state index contributed by atoms with van der Waals surface area (Å²) in [5, 5.41) is 14.0. The summed E-state index contributed by atoms with van der Waals surface area (Å²) >= 11 is 0. The van der Waals surface area contributed by atoms with Crippen LogP contribution < -0.4 is 5.32 Å². The Balaban J connectivity index is 1.12. The zero-order valence-electron chi connectivity index (χ0n) is 35.5. The number of halogens is 1. The molecule has 6 aliphatic carbocycles. The molecule has 7 rings (SSSR count). The fraction of sp³-hybridized carbons (Fsp3) is 0.826. The summed E-state index contributed by atoms with van der Waals surface area (Å²) in [6.07, 6.45) is 16.3. The second-order valence-electron chi connectivity index (χ2n) is 20.9. The smallest absolute Gasteiger partial charge is 0.324 e. The number of carboxylic acids is 1. The van der Waals surface area contributed by atoms with Crippen LogP contribution in [0.5, 0.6) is 0 Å². The molecule has 11 atom stereocenters. The number of nitrogens with zero attached hydrogens (tertiary/aromatic N) is 1. The third kappa shape index (κ3) is 6.42. The van der Waals surface area contributed by atoms with Gasteiger partial charge in [0.2, 0.25) is 0 Å². The van der Waals surface area contributed by atoms with Gasteiger partial charge >= 0.3 is 11.9 Å². The topological polar surface area (TPSA) is 113 Å². The molecule has 0 radical (unpaired) electrons. The van der Waals surface area contributed by atoms with Crippen molar-refractivity contribution in [3.05, 3.63) is 35.5 Å². The predicted octanol–water partition coefficient (Wildman–Crippen LogP) is 8.34. The number of alkyl halides is 1. The minimum absolute atomic E-state index is 0.00204. The summed E-state index contributed by atoms with van der Waals surface area (Å²) in [5.41, 5.74) is 3.12. The van der Waals surface area contributed by atoms with E-state index in [2.05, 4.69) is 65.6 Å². The van der Waals surface area contributed by atoms with Crippen LogP contribution in [0, 0.1) is 56.7 Å². The molecule has 1 heterocycles. The second kappa shape index (κ2) is 14.6. The third-order valence-corrected chi connectivity index (χ3v) is 19.9. The Morgan fingerprint density at radius 3 is 2.38 bits per heavy atom. The summed E-state index contributed by atoms with van der Waals surface area (Å²) in [6, 6.07) is -0.746. The molecule has 0 aromatic carbocycles. The lowest BCUT2D eigenvalue weighted by Gasteiger charge is -2.72. The molecule has 0 bridgehead atoms. The predicted molar refractivity (Wildman–Crippen MR) is 219 cm³/mol. The fourth-order valence-corrected chi connectivity index (χ4v) is 16.6. The Hall–Kier alpha value is -2.04. The largest absolute Gasteiger partial charge is 0.481 e. The molecule has 314 valence electrons. The van der Waals surface area contributed by atoms with Crippen molar-refractivity contribution in [3.63, 3.8) is 0 Å². The van der Waals surface area contributed by atoms with Crippen LogP contribution in [0.3, 0.4) is 0 Å². The van der Waals surface area contributed by atoms with Gasteiger partial charge in [-0.1, -0.05) is 58.9 Å². The van der Waals surface area contributed by atoms with Gasteiger partial charge in [-0.05, 0) is 153 Å². The minimum Gasteiger partial charge on any atom is -0.481 e. The molecular weight excluding hydrogens is 728 g/mol. The zero-order valence-corrected chi connectivity index (χ0v) is 36.3. The molecule has 0 amide bonds. The Labute approximate surface area is 336 Å². The van der Waals surface area contributed by atoms with Crippen LogP contribution in [0.15, 0.2) is 35.5 Å². The van der Waals surface area contributed by atoms with Gasteiger partial charge in [0.15, 0.2) is 9.84 Å². The van der Waals surface area contributed by atoms with Gasteiger partial charge in [0.25, 0.3) is 0 Å². The minimum atomic E-state index is -3.28. The van der Waals surface area contributed by atoms with E-state index >= 15 is 0 Å². The molecule has 10 heteroatoms. The molecule has 0 spiro atoms. The molecule has 7 aliphatic rings. The maximum Gasteiger partial charge on any atom is 0.324 e.